The van der Waals surface area contributed by atoms with Crippen LogP contribution in [0, 0.1) is 0 Å². The molecule has 0 aliphatic carbocycles. The lowest BCUT2D eigenvalue weighted by Gasteiger charge is -1.94. The van der Waals surface area contributed by atoms with Crippen molar-refractivity contribution in [3.8, 4) is 10.6 Å². The van der Waals surface area contributed by atoms with Gasteiger partial charge in [0.1, 0.15) is 5.01 Å². The zero-order valence-electron chi connectivity index (χ0n) is 8.26. The third kappa shape index (κ3) is 2.61. The van der Waals surface area contributed by atoms with Crippen molar-refractivity contribution in [1.82, 2.24) is 9.97 Å². The van der Waals surface area contributed by atoms with Crippen LogP contribution >= 0.6 is 11.3 Å². The minimum absolute atomic E-state index is 0.222. The van der Waals surface area contributed by atoms with Crippen molar-refractivity contribution in [2.24, 2.45) is 0 Å². The van der Waals surface area contributed by atoms with Gasteiger partial charge in [-0.15, -0.1) is 11.3 Å². The molecule has 0 atom stereocenters. The first-order chi connectivity index (χ1) is 7.40. The zero-order valence-corrected chi connectivity index (χ0v) is 9.07. The Labute approximate surface area is 92.5 Å². The number of hydrogen-bond donors (Lipinski definition) is 1. The lowest BCUT2D eigenvalue weighted by molar-refractivity contribution is 0.288. The summed E-state index contributed by atoms with van der Waals surface area (Å²) < 4.78 is 0. The molecule has 0 aliphatic rings. The van der Waals surface area contributed by atoms with E-state index in [1.54, 1.807) is 17.5 Å². The second kappa shape index (κ2) is 5.00. The number of thiazole rings is 1. The number of rotatable bonds is 4. The van der Waals surface area contributed by atoms with Gasteiger partial charge >= 0.3 is 0 Å². The molecule has 2 aromatic rings. The lowest BCUT2D eigenvalue weighted by Crippen LogP contribution is -1.89. The number of aromatic nitrogens is 2. The molecule has 0 saturated heterocycles. The van der Waals surface area contributed by atoms with Crippen molar-refractivity contribution in [2.75, 3.05) is 6.61 Å². The Morgan fingerprint density at radius 1 is 1.40 bits per heavy atom. The summed E-state index contributed by atoms with van der Waals surface area (Å²) in [6.07, 6.45) is 5.18. The molecule has 0 amide bonds. The Bertz CT molecular complexity index is 414. The van der Waals surface area contributed by atoms with Gasteiger partial charge in [0, 0.05) is 29.9 Å². The maximum Gasteiger partial charge on any atom is 0.125 e. The van der Waals surface area contributed by atoms with Crippen LogP contribution in [0.25, 0.3) is 10.6 Å². The Morgan fingerprint density at radius 2 is 2.33 bits per heavy atom. The van der Waals surface area contributed by atoms with Crippen LogP contribution in [0.2, 0.25) is 0 Å². The summed E-state index contributed by atoms with van der Waals surface area (Å²) in [7, 11) is 0. The molecule has 0 spiro atoms. The van der Waals surface area contributed by atoms with E-state index >= 15 is 0 Å². The van der Waals surface area contributed by atoms with E-state index in [9.17, 15) is 0 Å². The van der Waals surface area contributed by atoms with Crippen LogP contribution in [0.15, 0.2) is 29.9 Å². The van der Waals surface area contributed by atoms with Crippen LogP contribution in [0.5, 0.6) is 0 Å². The highest BCUT2D eigenvalue weighted by Crippen LogP contribution is 2.22. The second-order valence-corrected chi connectivity index (χ2v) is 4.07. The quantitative estimate of drug-likeness (QED) is 0.858. The number of aliphatic hydroxyl groups excluding tert-OH is 1. The highest BCUT2D eigenvalue weighted by molar-refractivity contribution is 7.13. The van der Waals surface area contributed by atoms with E-state index in [1.165, 1.54) is 0 Å². The molecular formula is C11H12N2OS. The van der Waals surface area contributed by atoms with Gasteiger partial charge in [-0.1, -0.05) is 0 Å². The molecule has 0 unspecified atom stereocenters. The Balaban J connectivity index is 2.14. The van der Waals surface area contributed by atoms with E-state index < -0.39 is 0 Å². The van der Waals surface area contributed by atoms with Gasteiger partial charge in [0.15, 0.2) is 0 Å². The van der Waals surface area contributed by atoms with Crippen molar-refractivity contribution in [3.05, 3.63) is 35.6 Å². The first-order valence-electron chi connectivity index (χ1n) is 4.86. The first kappa shape index (κ1) is 10.3. The van der Waals surface area contributed by atoms with Crippen LogP contribution in [-0.4, -0.2) is 21.7 Å². The summed E-state index contributed by atoms with van der Waals surface area (Å²) in [4.78, 5) is 8.54. The van der Waals surface area contributed by atoms with Crippen LogP contribution < -0.4 is 0 Å². The normalized spacial score (nSPS) is 10.5. The molecule has 2 heterocycles. The standard InChI is InChI=1S/C11H12N2OS/c14-6-2-4-10-8-15-11(13-10)9-3-1-5-12-7-9/h1,3,5,7-8,14H,2,4,6H2. The van der Waals surface area contributed by atoms with E-state index in [-0.39, 0.29) is 6.61 Å². The maximum atomic E-state index is 8.72. The number of aryl methyl sites for hydroxylation is 1. The molecular weight excluding hydrogens is 208 g/mol. The molecule has 0 radical (unpaired) electrons. The lowest BCUT2D eigenvalue weighted by atomic mass is 10.2. The molecule has 0 aromatic carbocycles. The molecule has 0 fully saturated rings. The molecule has 4 heteroatoms. The fourth-order valence-corrected chi connectivity index (χ4v) is 2.15. The van der Waals surface area contributed by atoms with E-state index in [2.05, 4.69) is 9.97 Å². The van der Waals surface area contributed by atoms with Crippen molar-refractivity contribution < 1.29 is 5.11 Å². The summed E-state index contributed by atoms with van der Waals surface area (Å²) in [6.45, 7) is 0.222. The van der Waals surface area contributed by atoms with Gasteiger partial charge in [-0.05, 0) is 25.0 Å². The van der Waals surface area contributed by atoms with Gasteiger partial charge in [0.25, 0.3) is 0 Å². The SMILES string of the molecule is OCCCc1csc(-c2cccnc2)n1. The van der Waals surface area contributed by atoms with E-state index in [0.717, 1.165) is 29.1 Å². The van der Waals surface area contributed by atoms with Gasteiger partial charge < -0.3 is 5.11 Å². The molecule has 3 nitrogen and oxygen atoms in total. The van der Waals surface area contributed by atoms with Gasteiger partial charge in [-0.25, -0.2) is 4.98 Å². The average Bonchev–Trinajstić information content (AvgIpc) is 2.76. The minimum Gasteiger partial charge on any atom is -0.396 e. The predicted molar refractivity (Wildman–Crippen MR) is 60.8 cm³/mol. The summed E-state index contributed by atoms with van der Waals surface area (Å²) in [5.74, 6) is 0. The average molecular weight is 220 g/mol. The van der Waals surface area contributed by atoms with E-state index in [0.29, 0.717) is 0 Å². The highest BCUT2D eigenvalue weighted by Gasteiger charge is 2.03. The topological polar surface area (TPSA) is 46.0 Å². The maximum absolute atomic E-state index is 8.72. The largest absolute Gasteiger partial charge is 0.396 e. The van der Waals surface area contributed by atoms with E-state index in [1.807, 2.05) is 23.7 Å². The Morgan fingerprint density at radius 3 is 3.07 bits per heavy atom. The Kier molecular flexibility index (Phi) is 3.42. The first-order valence-corrected chi connectivity index (χ1v) is 5.74. The fraction of sp³-hybridized carbons (Fsp3) is 0.273. The molecule has 15 heavy (non-hydrogen) atoms. The van der Waals surface area contributed by atoms with Gasteiger partial charge in [-0.3, -0.25) is 4.98 Å². The van der Waals surface area contributed by atoms with Crippen molar-refractivity contribution in [3.63, 3.8) is 0 Å². The number of aliphatic hydroxyl groups is 1. The summed E-state index contributed by atoms with van der Waals surface area (Å²) in [6, 6.07) is 3.91. The molecule has 2 aromatic heterocycles. The van der Waals surface area contributed by atoms with Crippen molar-refractivity contribution in [2.45, 2.75) is 12.8 Å². The van der Waals surface area contributed by atoms with Gasteiger partial charge in [0.05, 0.1) is 5.69 Å². The minimum atomic E-state index is 0.222. The molecule has 2 rings (SSSR count). The fourth-order valence-electron chi connectivity index (χ4n) is 1.30. The Hall–Kier alpha value is -1.26. The second-order valence-electron chi connectivity index (χ2n) is 3.21. The van der Waals surface area contributed by atoms with Crippen LogP contribution in [0.4, 0.5) is 0 Å². The number of nitrogens with zero attached hydrogens (tertiary/aromatic N) is 2. The summed E-state index contributed by atoms with van der Waals surface area (Å²) >= 11 is 1.62. The number of pyridine rings is 1. The van der Waals surface area contributed by atoms with Crippen molar-refractivity contribution >= 4 is 11.3 Å². The predicted octanol–water partition coefficient (Wildman–Crippen LogP) is 2.13. The monoisotopic (exact) mass is 220 g/mol. The van der Waals surface area contributed by atoms with Crippen LogP contribution in [-0.2, 0) is 6.42 Å². The third-order valence-corrected chi connectivity index (χ3v) is 2.99. The summed E-state index contributed by atoms with van der Waals surface area (Å²) in [5, 5.41) is 11.8. The number of hydrogen-bond acceptors (Lipinski definition) is 4. The van der Waals surface area contributed by atoms with E-state index in [4.69, 9.17) is 5.11 Å². The smallest absolute Gasteiger partial charge is 0.125 e. The van der Waals surface area contributed by atoms with Crippen LogP contribution in [0.3, 0.4) is 0 Å². The van der Waals surface area contributed by atoms with Crippen molar-refractivity contribution in [1.29, 1.82) is 0 Å². The third-order valence-electron chi connectivity index (χ3n) is 2.05. The highest BCUT2D eigenvalue weighted by atomic mass is 32.1. The molecule has 78 valence electrons. The molecule has 1 N–H and O–H groups in total. The zero-order chi connectivity index (χ0) is 10.5. The van der Waals surface area contributed by atoms with Crippen LogP contribution in [0.1, 0.15) is 12.1 Å². The molecule has 0 aliphatic heterocycles. The molecule has 0 bridgehead atoms. The molecule has 0 saturated carbocycles. The van der Waals surface area contributed by atoms with Gasteiger partial charge in [0.2, 0.25) is 0 Å². The summed E-state index contributed by atoms with van der Waals surface area (Å²) in [5.41, 5.74) is 2.10. The van der Waals surface area contributed by atoms with Gasteiger partial charge in [-0.2, -0.15) is 0 Å².